The Morgan fingerprint density at radius 2 is 2.08 bits per heavy atom. The molecular formula is C7H12O3S2. The number of hydrogen-bond donors (Lipinski definition) is 3. The topological polar surface area (TPSA) is 46.5 Å². The highest BCUT2D eigenvalue weighted by molar-refractivity contribution is 8.05. The number of rotatable bonds is 5. The molecule has 0 heterocycles. The van der Waals surface area contributed by atoms with Gasteiger partial charge in [-0.05, 0) is 12.8 Å². The highest BCUT2D eigenvalue weighted by Gasteiger charge is 1.97. The minimum Gasteiger partial charge on any atom is -0.462 e. The Hall–Kier alpha value is -0.130. The van der Waals surface area contributed by atoms with E-state index in [-0.39, 0.29) is 6.61 Å². The third kappa shape index (κ3) is 7.97. The first-order chi connectivity index (χ1) is 5.66. The molecule has 0 unspecified atom stereocenters. The maximum atomic E-state index is 10.8. The smallest absolute Gasteiger partial charge is 0.332 e. The molecule has 0 bridgehead atoms. The van der Waals surface area contributed by atoms with E-state index in [2.05, 4.69) is 25.3 Å². The van der Waals surface area contributed by atoms with Gasteiger partial charge in [0, 0.05) is 16.9 Å². The predicted octanol–water partition coefficient (Wildman–Crippen LogP) is 1.00. The fourth-order valence-electron chi connectivity index (χ4n) is 0.534. The number of thiol groups is 2. The second-order valence-electron chi connectivity index (χ2n) is 2.10. The van der Waals surface area contributed by atoms with Gasteiger partial charge < -0.3 is 9.84 Å². The Bertz CT molecular complexity index is 164. The van der Waals surface area contributed by atoms with Gasteiger partial charge in [0.15, 0.2) is 0 Å². The number of unbranched alkanes of at least 4 members (excludes halogenated alkanes) is 1. The summed E-state index contributed by atoms with van der Waals surface area (Å²) in [7, 11) is 0. The quantitative estimate of drug-likeness (QED) is 0.273. The van der Waals surface area contributed by atoms with Crippen molar-refractivity contribution in [2.45, 2.75) is 12.8 Å². The van der Waals surface area contributed by atoms with E-state index in [1.165, 1.54) is 6.08 Å². The molecule has 12 heavy (non-hydrogen) atoms. The molecule has 0 atom stereocenters. The summed E-state index contributed by atoms with van der Waals surface area (Å²) >= 11 is 7.57. The van der Waals surface area contributed by atoms with Crippen LogP contribution < -0.4 is 0 Å². The molecular weight excluding hydrogens is 196 g/mol. The molecule has 0 amide bonds. The van der Waals surface area contributed by atoms with Crippen LogP contribution in [0.1, 0.15) is 12.8 Å². The number of ether oxygens (including phenoxy) is 1. The fourth-order valence-corrected chi connectivity index (χ4v) is 0.745. The molecule has 0 aromatic carbocycles. The van der Waals surface area contributed by atoms with Gasteiger partial charge in [0.2, 0.25) is 0 Å². The van der Waals surface area contributed by atoms with Crippen LogP contribution in [0.4, 0.5) is 0 Å². The highest BCUT2D eigenvalue weighted by Crippen LogP contribution is 2.04. The molecule has 0 radical (unpaired) electrons. The average Bonchev–Trinajstić information content (AvgIpc) is 1.97. The van der Waals surface area contributed by atoms with Gasteiger partial charge in [-0.15, -0.1) is 25.3 Å². The van der Waals surface area contributed by atoms with Crippen molar-refractivity contribution in [1.82, 2.24) is 0 Å². The first kappa shape index (κ1) is 11.9. The lowest BCUT2D eigenvalue weighted by Gasteiger charge is -1.99. The summed E-state index contributed by atoms with van der Waals surface area (Å²) in [6.07, 6.45) is 2.50. The Labute approximate surface area is 82.6 Å². The Kier molecular flexibility index (Phi) is 7.43. The van der Waals surface area contributed by atoms with Crippen LogP contribution in [0, 0.1) is 0 Å². The zero-order valence-corrected chi connectivity index (χ0v) is 8.35. The van der Waals surface area contributed by atoms with Crippen molar-refractivity contribution in [3.8, 4) is 0 Å². The minimum absolute atomic E-state index is 0.123. The molecule has 0 aliphatic heterocycles. The van der Waals surface area contributed by atoms with Gasteiger partial charge in [0.05, 0.1) is 6.61 Å². The summed E-state index contributed by atoms with van der Waals surface area (Å²) in [5, 5.41) is 8.40. The molecule has 1 N–H and O–H groups in total. The Morgan fingerprint density at radius 3 is 2.58 bits per heavy atom. The minimum atomic E-state index is -0.451. The van der Waals surface area contributed by atoms with Gasteiger partial charge in [-0.2, -0.15) is 0 Å². The number of aliphatic hydroxyl groups is 1. The largest absolute Gasteiger partial charge is 0.462 e. The third-order valence-electron chi connectivity index (χ3n) is 1.04. The van der Waals surface area contributed by atoms with Crippen molar-refractivity contribution in [2.75, 3.05) is 13.2 Å². The summed E-state index contributed by atoms with van der Waals surface area (Å²) < 4.78 is 5.05. The van der Waals surface area contributed by atoms with Crippen LogP contribution in [0.5, 0.6) is 0 Å². The molecule has 70 valence electrons. The van der Waals surface area contributed by atoms with Gasteiger partial charge >= 0.3 is 5.97 Å². The van der Waals surface area contributed by atoms with Crippen molar-refractivity contribution < 1.29 is 14.6 Å². The van der Waals surface area contributed by atoms with E-state index in [0.717, 1.165) is 0 Å². The van der Waals surface area contributed by atoms with Crippen LogP contribution in [0.2, 0.25) is 0 Å². The van der Waals surface area contributed by atoms with Crippen LogP contribution in [-0.4, -0.2) is 24.3 Å². The zero-order chi connectivity index (χ0) is 9.40. The maximum absolute atomic E-state index is 10.8. The zero-order valence-electron chi connectivity index (χ0n) is 6.56. The number of carbonyl (C=O) groups excluding carboxylic acids is 1. The van der Waals surface area contributed by atoms with E-state index in [1.807, 2.05) is 0 Å². The summed E-state index contributed by atoms with van der Waals surface area (Å²) in [4.78, 5) is 10.8. The van der Waals surface area contributed by atoms with Crippen molar-refractivity contribution in [2.24, 2.45) is 0 Å². The standard InChI is InChI=1S/C7H12O3S2/c8-3-1-2-4-10-6(9)5-7(11)12/h5,8,11-12H,1-4H2. The lowest BCUT2D eigenvalue weighted by Crippen LogP contribution is -2.02. The van der Waals surface area contributed by atoms with Crippen molar-refractivity contribution in [1.29, 1.82) is 0 Å². The maximum Gasteiger partial charge on any atom is 0.332 e. The van der Waals surface area contributed by atoms with Crippen LogP contribution in [0.15, 0.2) is 10.3 Å². The summed E-state index contributed by atoms with van der Waals surface area (Å²) in [6.45, 7) is 0.447. The molecule has 0 saturated heterocycles. The third-order valence-corrected chi connectivity index (χ3v) is 1.30. The van der Waals surface area contributed by atoms with E-state index < -0.39 is 5.97 Å². The highest BCUT2D eigenvalue weighted by atomic mass is 32.2. The SMILES string of the molecule is O=C(C=C(S)S)OCCCCO. The summed E-state index contributed by atoms with van der Waals surface area (Å²) in [5.41, 5.74) is 0. The molecule has 0 aliphatic rings. The van der Waals surface area contributed by atoms with Gasteiger partial charge in [-0.3, -0.25) is 0 Å². The van der Waals surface area contributed by atoms with Crippen LogP contribution in [-0.2, 0) is 9.53 Å². The van der Waals surface area contributed by atoms with Gasteiger partial charge in [0.25, 0.3) is 0 Å². The monoisotopic (exact) mass is 208 g/mol. The van der Waals surface area contributed by atoms with Crippen molar-refractivity contribution in [3.05, 3.63) is 10.3 Å². The Balaban J connectivity index is 3.39. The predicted molar refractivity (Wildman–Crippen MR) is 53.3 cm³/mol. The van der Waals surface area contributed by atoms with E-state index >= 15 is 0 Å². The second-order valence-corrected chi connectivity index (χ2v) is 3.42. The normalized spacial score (nSPS) is 9.25. The average molecular weight is 208 g/mol. The molecule has 5 heteroatoms. The first-order valence-corrected chi connectivity index (χ1v) is 4.43. The molecule has 3 nitrogen and oxygen atoms in total. The molecule has 0 spiro atoms. The molecule has 0 aromatic rings. The van der Waals surface area contributed by atoms with E-state index in [1.54, 1.807) is 0 Å². The number of hydrogen-bond acceptors (Lipinski definition) is 5. The second kappa shape index (κ2) is 7.52. The lowest BCUT2D eigenvalue weighted by atomic mass is 10.3. The first-order valence-electron chi connectivity index (χ1n) is 3.54. The number of esters is 1. The molecule has 0 aliphatic carbocycles. The molecule has 0 fully saturated rings. The van der Waals surface area contributed by atoms with Gasteiger partial charge in [-0.1, -0.05) is 0 Å². The van der Waals surface area contributed by atoms with Crippen molar-refractivity contribution in [3.63, 3.8) is 0 Å². The van der Waals surface area contributed by atoms with E-state index in [9.17, 15) is 4.79 Å². The van der Waals surface area contributed by atoms with E-state index in [4.69, 9.17) is 9.84 Å². The number of carbonyl (C=O) groups is 1. The van der Waals surface area contributed by atoms with Crippen LogP contribution in [0.3, 0.4) is 0 Å². The summed E-state index contributed by atoms with van der Waals surface area (Å²) in [6, 6.07) is 0. The van der Waals surface area contributed by atoms with Crippen LogP contribution >= 0.6 is 25.3 Å². The van der Waals surface area contributed by atoms with Crippen LogP contribution in [0.25, 0.3) is 0 Å². The van der Waals surface area contributed by atoms with E-state index in [0.29, 0.717) is 23.7 Å². The number of aliphatic hydroxyl groups excluding tert-OH is 1. The van der Waals surface area contributed by atoms with Gasteiger partial charge in [-0.25, -0.2) is 4.79 Å². The Morgan fingerprint density at radius 1 is 1.42 bits per heavy atom. The molecule has 0 rings (SSSR count). The lowest BCUT2D eigenvalue weighted by molar-refractivity contribution is -0.137. The molecule has 0 aromatic heterocycles. The fraction of sp³-hybridized carbons (Fsp3) is 0.571. The van der Waals surface area contributed by atoms with Crippen molar-refractivity contribution >= 4 is 31.2 Å². The van der Waals surface area contributed by atoms with Gasteiger partial charge in [0.1, 0.15) is 0 Å². The molecule has 0 saturated carbocycles. The summed E-state index contributed by atoms with van der Waals surface area (Å²) in [5.74, 6) is -0.451.